The molecule has 2 aliphatic heterocycles. The van der Waals surface area contributed by atoms with Crippen LogP contribution in [0.5, 0.6) is 0 Å². The van der Waals surface area contributed by atoms with Crippen LogP contribution < -0.4 is 10.0 Å². The lowest BCUT2D eigenvalue weighted by Gasteiger charge is -2.35. The molecule has 9 nitrogen and oxygen atoms in total. The van der Waals surface area contributed by atoms with Crippen LogP contribution in [-0.4, -0.2) is 51.1 Å². The molecule has 2 heterocycles. The summed E-state index contributed by atoms with van der Waals surface area (Å²) in [6, 6.07) is 3.31. The minimum absolute atomic E-state index is 0.0653. The van der Waals surface area contributed by atoms with E-state index in [0.29, 0.717) is 18.9 Å². The number of carbonyl (C=O) groups excluding carboxylic acids is 1. The molecule has 1 amide bonds. The van der Waals surface area contributed by atoms with Crippen LogP contribution in [-0.2, 0) is 24.7 Å². The summed E-state index contributed by atoms with van der Waals surface area (Å²) >= 11 is 6.34. The highest BCUT2D eigenvalue weighted by molar-refractivity contribution is 7.97. The Morgan fingerprint density at radius 2 is 1.89 bits per heavy atom. The van der Waals surface area contributed by atoms with Crippen LogP contribution in [0.4, 0.5) is 11.4 Å². The van der Waals surface area contributed by atoms with Crippen LogP contribution in [0.3, 0.4) is 0 Å². The van der Waals surface area contributed by atoms with Crippen molar-refractivity contribution in [1.29, 1.82) is 0 Å². The highest BCUT2D eigenvalue weighted by Crippen LogP contribution is 2.45. The molecule has 0 radical (unpaired) electrons. The Bertz CT molecular complexity index is 1330. The highest BCUT2D eigenvalue weighted by atomic mass is 35.5. The van der Waals surface area contributed by atoms with Crippen LogP contribution in [0.1, 0.15) is 48.0 Å². The third kappa shape index (κ3) is 5.17. The zero-order valence-corrected chi connectivity index (χ0v) is 23.0. The number of aliphatic hydroxyl groups is 1. The molecular formula is C23H32ClN3O6S2. The van der Waals surface area contributed by atoms with Gasteiger partial charge in [0.2, 0.25) is 19.9 Å². The number of rotatable bonds is 7. The molecular weight excluding hydrogens is 514 g/mol. The molecule has 1 aromatic rings. The fourth-order valence-electron chi connectivity index (χ4n) is 4.13. The van der Waals surface area contributed by atoms with Crippen molar-refractivity contribution >= 4 is 48.7 Å². The highest BCUT2D eigenvalue weighted by Gasteiger charge is 2.48. The van der Waals surface area contributed by atoms with Gasteiger partial charge in [0, 0.05) is 12.2 Å². The average molecular weight is 546 g/mol. The number of nitrogens with one attached hydrogen (secondary N) is 2. The van der Waals surface area contributed by atoms with Gasteiger partial charge in [0.05, 0.1) is 28.1 Å². The van der Waals surface area contributed by atoms with Crippen molar-refractivity contribution in [1.82, 2.24) is 4.90 Å². The number of hydrogen-bond acceptors (Lipinski definition) is 7. The number of sulfonamides is 1. The second-order valence-electron chi connectivity index (χ2n) is 10.2. The Balaban J connectivity index is 2.10. The summed E-state index contributed by atoms with van der Waals surface area (Å²) in [6.07, 6.45) is 0.705. The number of nitrogens with zero attached hydrogens (tertiary/aromatic N) is 1. The Labute approximate surface area is 212 Å². The zero-order chi connectivity index (χ0) is 26.5. The smallest absolute Gasteiger partial charge is 0.260 e. The van der Waals surface area contributed by atoms with E-state index in [1.54, 1.807) is 4.90 Å². The molecule has 12 heteroatoms. The quantitative estimate of drug-likeness (QED) is 0.468. The maximum absolute atomic E-state index is 13.5. The summed E-state index contributed by atoms with van der Waals surface area (Å²) in [4.78, 5) is 14.8. The van der Waals surface area contributed by atoms with E-state index in [9.17, 15) is 26.7 Å². The molecule has 1 atom stereocenters. The average Bonchev–Trinajstić information content (AvgIpc) is 2.99. The largest absolute Gasteiger partial charge is 0.509 e. The lowest BCUT2D eigenvalue weighted by Crippen LogP contribution is -2.44. The van der Waals surface area contributed by atoms with Crippen molar-refractivity contribution in [2.24, 2.45) is 11.3 Å². The van der Waals surface area contributed by atoms with Crippen molar-refractivity contribution in [3.05, 3.63) is 39.6 Å². The van der Waals surface area contributed by atoms with Crippen molar-refractivity contribution in [3.63, 3.8) is 0 Å². The summed E-state index contributed by atoms with van der Waals surface area (Å²) in [7, 11) is -7.93. The van der Waals surface area contributed by atoms with Gasteiger partial charge >= 0.3 is 0 Å². The van der Waals surface area contributed by atoms with Crippen LogP contribution in [0.2, 0.25) is 0 Å². The van der Waals surface area contributed by atoms with Gasteiger partial charge in [0.15, 0.2) is 4.36 Å². The summed E-state index contributed by atoms with van der Waals surface area (Å²) in [5.41, 5.74) is -0.712. The maximum Gasteiger partial charge on any atom is 0.260 e. The van der Waals surface area contributed by atoms with Crippen LogP contribution in [0, 0.1) is 11.3 Å². The first kappa shape index (κ1) is 27.3. The normalized spacial score (nSPS) is 20.4. The Kier molecular flexibility index (Phi) is 7.29. The molecule has 35 heavy (non-hydrogen) atoms. The van der Waals surface area contributed by atoms with E-state index in [-0.39, 0.29) is 39.1 Å². The standard InChI is InChI=1S/C23H32ClN3O6S2/c1-7-34(30,31)26-14-8-9-15-16(12-14)35(32,33)21(24)18(25-15)17-19(28)20(23(4,5)6)27(22(17)29)11-10-13(2)3/h8-9,12-13,20,25-26,28H,7,10-11H2,1-6H3/t20-/m1/s1. The van der Waals surface area contributed by atoms with Gasteiger partial charge in [-0.25, -0.2) is 16.8 Å². The summed E-state index contributed by atoms with van der Waals surface area (Å²) in [5, 5.41) is 14.1. The summed E-state index contributed by atoms with van der Waals surface area (Å²) in [6.45, 7) is 11.6. The fourth-order valence-corrected chi connectivity index (χ4v) is 6.46. The molecule has 0 fully saturated rings. The monoisotopic (exact) mass is 545 g/mol. The van der Waals surface area contributed by atoms with E-state index in [0.717, 1.165) is 0 Å². The number of sulfone groups is 1. The first-order chi connectivity index (χ1) is 16.0. The predicted octanol–water partition coefficient (Wildman–Crippen LogP) is 4.17. The number of carbonyl (C=O) groups is 1. The molecule has 2 aliphatic rings. The predicted molar refractivity (Wildman–Crippen MR) is 137 cm³/mol. The van der Waals surface area contributed by atoms with Gasteiger partial charge in [-0.15, -0.1) is 0 Å². The second-order valence-corrected chi connectivity index (χ2v) is 14.7. The molecule has 0 unspecified atom stereocenters. The van der Waals surface area contributed by atoms with Gasteiger partial charge in [-0.1, -0.05) is 46.2 Å². The lowest BCUT2D eigenvalue weighted by atomic mass is 9.85. The molecule has 1 aromatic carbocycles. The molecule has 0 aliphatic carbocycles. The van der Waals surface area contributed by atoms with E-state index in [2.05, 4.69) is 10.0 Å². The number of halogens is 1. The Morgan fingerprint density at radius 1 is 1.26 bits per heavy atom. The molecule has 0 aromatic heterocycles. The van der Waals surface area contributed by atoms with E-state index < -0.39 is 41.6 Å². The molecule has 0 saturated heterocycles. The van der Waals surface area contributed by atoms with E-state index in [4.69, 9.17) is 11.6 Å². The number of fused-ring (bicyclic) bond motifs is 1. The molecule has 3 rings (SSSR count). The SMILES string of the molecule is CCS(=O)(=O)Nc1ccc2c(c1)S(=O)(=O)C(Cl)=C(C1=C(O)[C@H](C(C)(C)C)N(CCC(C)C)C1=O)N2. The van der Waals surface area contributed by atoms with Gasteiger partial charge in [-0.2, -0.15) is 0 Å². The fraction of sp³-hybridized carbons (Fsp3) is 0.522. The lowest BCUT2D eigenvalue weighted by molar-refractivity contribution is -0.128. The number of amides is 1. The third-order valence-corrected chi connectivity index (χ3v) is 9.63. The van der Waals surface area contributed by atoms with Gasteiger partial charge in [-0.05, 0) is 42.9 Å². The van der Waals surface area contributed by atoms with Crippen molar-refractivity contribution in [2.45, 2.75) is 58.9 Å². The van der Waals surface area contributed by atoms with Crippen molar-refractivity contribution in [3.8, 4) is 0 Å². The molecule has 0 saturated carbocycles. The van der Waals surface area contributed by atoms with Gasteiger partial charge in [0.1, 0.15) is 11.3 Å². The summed E-state index contributed by atoms with van der Waals surface area (Å²) in [5.74, 6) is -0.609. The second kappa shape index (κ2) is 9.33. The Morgan fingerprint density at radius 3 is 2.43 bits per heavy atom. The molecule has 0 bridgehead atoms. The van der Waals surface area contributed by atoms with E-state index in [1.807, 2.05) is 34.6 Å². The Hall–Kier alpha value is -2.24. The van der Waals surface area contributed by atoms with Gasteiger partial charge in [-0.3, -0.25) is 9.52 Å². The molecule has 194 valence electrons. The third-order valence-electron chi connectivity index (χ3n) is 5.94. The minimum atomic E-state index is -4.30. The zero-order valence-electron chi connectivity index (χ0n) is 20.6. The summed E-state index contributed by atoms with van der Waals surface area (Å²) < 4.78 is 52.1. The number of anilines is 2. The van der Waals surface area contributed by atoms with Gasteiger partial charge < -0.3 is 15.3 Å². The van der Waals surface area contributed by atoms with E-state index >= 15 is 0 Å². The maximum atomic E-state index is 13.5. The van der Waals surface area contributed by atoms with Gasteiger partial charge in [0.25, 0.3) is 5.91 Å². The van der Waals surface area contributed by atoms with Crippen molar-refractivity contribution in [2.75, 3.05) is 22.3 Å². The minimum Gasteiger partial charge on any atom is -0.509 e. The van der Waals surface area contributed by atoms with Crippen LogP contribution in [0.25, 0.3) is 0 Å². The van der Waals surface area contributed by atoms with E-state index in [1.165, 1.54) is 25.1 Å². The first-order valence-electron chi connectivity index (χ1n) is 11.3. The molecule has 0 spiro atoms. The molecule has 3 N–H and O–H groups in total. The van der Waals surface area contributed by atoms with Crippen molar-refractivity contribution < 1.29 is 26.7 Å². The number of aliphatic hydroxyl groups excluding tert-OH is 1. The topological polar surface area (TPSA) is 133 Å². The van der Waals surface area contributed by atoms with Crippen LogP contribution in [0.15, 0.2) is 44.5 Å². The van der Waals surface area contributed by atoms with Crippen LogP contribution >= 0.6 is 11.6 Å². The number of benzene rings is 1. The number of hydrogen-bond donors (Lipinski definition) is 3. The first-order valence-corrected chi connectivity index (χ1v) is 14.8.